The molecule has 9 heteroatoms. The van der Waals surface area contributed by atoms with Crippen LogP contribution < -0.4 is 14.2 Å². The van der Waals surface area contributed by atoms with Crippen LogP contribution in [0.15, 0.2) is 71.6 Å². The molecule has 0 aliphatic heterocycles. The molecule has 0 fully saturated rings. The van der Waals surface area contributed by atoms with Crippen LogP contribution in [0.4, 0.5) is 5.69 Å². The second-order valence-electron chi connectivity index (χ2n) is 6.05. The van der Waals surface area contributed by atoms with Gasteiger partial charge in [-0.15, -0.1) is 0 Å². The smallest absolute Gasteiger partial charge is 0.337 e. The van der Waals surface area contributed by atoms with Gasteiger partial charge in [0, 0.05) is 11.1 Å². The lowest BCUT2D eigenvalue weighted by molar-refractivity contribution is 0.0600. The van der Waals surface area contributed by atoms with Gasteiger partial charge in [-0.2, -0.15) is 0 Å². The molecular weight excluding hydrogens is 430 g/mol. The fourth-order valence-electron chi connectivity index (χ4n) is 2.57. The molecule has 3 rings (SSSR count). The van der Waals surface area contributed by atoms with Crippen molar-refractivity contribution in [1.82, 2.24) is 0 Å². The minimum atomic E-state index is -4.04. The van der Waals surface area contributed by atoms with Gasteiger partial charge >= 0.3 is 5.97 Å². The number of hydrogen-bond acceptors (Lipinski definition) is 6. The van der Waals surface area contributed by atoms with E-state index in [2.05, 4.69) is 9.46 Å². The summed E-state index contributed by atoms with van der Waals surface area (Å²) in [5.74, 6) is 0.630. The summed E-state index contributed by atoms with van der Waals surface area (Å²) in [6, 6.07) is 16.9. The average molecular weight is 448 g/mol. The number of carbonyl (C=O) groups excluding carboxylic acids is 1. The summed E-state index contributed by atoms with van der Waals surface area (Å²) in [6.07, 6.45) is 0. The van der Waals surface area contributed by atoms with Crippen LogP contribution in [0.2, 0.25) is 5.02 Å². The van der Waals surface area contributed by atoms with Crippen molar-refractivity contribution in [2.24, 2.45) is 0 Å². The standard InChI is InChI=1S/C21H18ClNO6S/c1-27-16-6-4-7-17(13-16)29-20-10-9-15(22)12-19(20)23-30(25,26)18-8-3-5-14(11-18)21(24)28-2/h3-13,23H,1-2H3. The van der Waals surface area contributed by atoms with E-state index in [1.165, 1.54) is 44.6 Å². The molecule has 156 valence electrons. The summed E-state index contributed by atoms with van der Waals surface area (Å²) in [4.78, 5) is 11.6. The fraction of sp³-hybridized carbons (Fsp3) is 0.0952. The molecule has 30 heavy (non-hydrogen) atoms. The highest BCUT2D eigenvalue weighted by molar-refractivity contribution is 7.92. The van der Waals surface area contributed by atoms with E-state index >= 15 is 0 Å². The first-order chi connectivity index (χ1) is 14.3. The molecule has 0 aromatic heterocycles. The number of sulfonamides is 1. The number of halogens is 1. The minimum Gasteiger partial charge on any atom is -0.497 e. The third kappa shape index (κ3) is 5.03. The predicted molar refractivity (Wildman–Crippen MR) is 113 cm³/mol. The Morgan fingerprint density at radius 2 is 1.67 bits per heavy atom. The maximum Gasteiger partial charge on any atom is 0.337 e. The highest BCUT2D eigenvalue weighted by Gasteiger charge is 2.19. The molecule has 0 spiro atoms. The Kier molecular flexibility index (Phi) is 6.49. The number of anilines is 1. The van der Waals surface area contributed by atoms with Crippen molar-refractivity contribution in [2.45, 2.75) is 4.90 Å². The van der Waals surface area contributed by atoms with Gasteiger partial charge in [0.15, 0.2) is 5.75 Å². The minimum absolute atomic E-state index is 0.110. The average Bonchev–Trinajstić information content (AvgIpc) is 2.75. The van der Waals surface area contributed by atoms with E-state index in [1.807, 2.05) is 0 Å². The van der Waals surface area contributed by atoms with Crippen LogP contribution in [0.25, 0.3) is 0 Å². The normalized spacial score (nSPS) is 10.9. The fourth-order valence-corrected chi connectivity index (χ4v) is 3.85. The summed E-state index contributed by atoms with van der Waals surface area (Å²) >= 11 is 6.06. The molecule has 0 unspecified atom stereocenters. The zero-order chi connectivity index (χ0) is 21.7. The van der Waals surface area contributed by atoms with Crippen molar-refractivity contribution in [3.63, 3.8) is 0 Å². The van der Waals surface area contributed by atoms with E-state index in [1.54, 1.807) is 36.4 Å². The lowest BCUT2D eigenvalue weighted by Gasteiger charge is -2.15. The lowest BCUT2D eigenvalue weighted by Crippen LogP contribution is -2.14. The first-order valence-electron chi connectivity index (χ1n) is 8.65. The Morgan fingerprint density at radius 3 is 2.40 bits per heavy atom. The topological polar surface area (TPSA) is 90.9 Å². The molecule has 0 amide bonds. The Balaban J connectivity index is 1.94. The van der Waals surface area contributed by atoms with Crippen molar-refractivity contribution in [3.8, 4) is 17.2 Å². The van der Waals surface area contributed by atoms with E-state index in [4.69, 9.17) is 21.1 Å². The molecule has 3 aromatic rings. The number of esters is 1. The van der Waals surface area contributed by atoms with Crippen LogP contribution in [0.5, 0.6) is 17.2 Å². The molecule has 7 nitrogen and oxygen atoms in total. The summed E-state index contributed by atoms with van der Waals surface area (Å²) in [5, 5.41) is 0.314. The van der Waals surface area contributed by atoms with E-state index in [-0.39, 0.29) is 21.9 Å². The number of hydrogen-bond donors (Lipinski definition) is 1. The Hall–Kier alpha value is -3.23. The van der Waals surface area contributed by atoms with Gasteiger partial charge in [0.2, 0.25) is 0 Å². The number of nitrogens with one attached hydrogen (secondary N) is 1. The number of benzene rings is 3. The van der Waals surface area contributed by atoms with Crippen molar-refractivity contribution in [2.75, 3.05) is 18.9 Å². The van der Waals surface area contributed by atoms with Crippen molar-refractivity contribution in [3.05, 3.63) is 77.3 Å². The zero-order valence-electron chi connectivity index (χ0n) is 16.1. The third-order valence-electron chi connectivity index (χ3n) is 4.02. The van der Waals surface area contributed by atoms with Gasteiger partial charge in [-0.1, -0.05) is 23.7 Å². The highest BCUT2D eigenvalue weighted by Crippen LogP contribution is 2.34. The molecule has 0 aliphatic rings. The molecule has 0 heterocycles. The summed E-state index contributed by atoms with van der Waals surface area (Å²) in [5.41, 5.74) is 0.244. The van der Waals surface area contributed by atoms with Gasteiger partial charge < -0.3 is 14.2 Å². The first kappa shape index (κ1) is 21.5. The summed E-state index contributed by atoms with van der Waals surface area (Å²) in [6.45, 7) is 0. The first-order valence-corrected chi connectivity index (χ1v) is 10.5. The quantitative estimate of drug-likeness (QED) is 0.526. The van der Waals surface area contributed by atoms with Gasteiger partial charge in [0.1, 0.15) is 11.5 Å². The predicted octanol–water partition coefficient (Wildman–Crippen LogP) is 4.73. The van der Waals surface area contributed by atoms with Crippen LogP contribution in [0.1, 0.15) is 10.4 Å². The second-order valence-corrected chi connectivity index (χ2v) is 8.17. The molecule has 0 saturated heterocycles. The van der Waals surface area contributed by atoms with E-state index in [9.17, 15) is 13.2 Å². The Morgan fingerprint density at radius 1 is 0.933 bits per heavy atom. The largest absolute Gasteiger partial charge is 0.497 e. The van der Waals surface area contributed by atoms with Crippen LogP contribution >= 0.6 is 11.6 Å². The van der Waals surface area contributed by atoms with Gasteiger partial charge in [-0.25, -0.2) is 13.2 Å². The lowest BCUT2D eigenvalue weighted by atomic mass is 10.2. The monoisotopic (exact) mass is 447 g/mol. The summed E-state index contributed by atoms with van der Waals surface area (Å²) in [7, 11) is -1.29. The van der Waals surface area contributed by atoms with Crippen molar-refractivity contribution < 1.29 is 27.4 Å². The van der Waals surface area contributed by atoms with Gasteiger partial charge in [-0.05, 0) is 48.5 Å². The van der Waals surface area contributed by atoms with Crippen molar-refractivity contribution in [1.29, 1.82) is 0 Å². The summed E-state index contributed by atoms with van der Waals surface area (Å²) < 4.78 is 43.9. The Bertz CT molecular complexity index is 1180. The van der Waals surface area contributed by atoms with Crippen LogP contribution in [-0.4, -0.2) is 28.6 Å². The molecule has 0 bridgehead atoms. The maximum atomic E-state index is 12.9. The zero-order valence-corrected chi connectivity index (χ0v) is 17.7. The molecular formula is C21H18ClNO6S. The van der Waals surface area contributed by atoms with E-state index in [0.29, 0.717) is 16.5 Å². The van der Waals surface area contributed by atoms with Crippen LogP contribution in [0.3, 0.4) is 0 Å². The molecule has 0 aliphatic carbocycles. The number of methoxy groups -OCH3 is 2. The molecule has 0 saturated carbocycles. The maximum absolute atomic E-state index is 12.9. The third-order valence-corrected chi connectivity index (χ3v) is 5.62. The second kappa shape index (κ2) is 9.06. The molecule has 0 radical (unpaired) electrons. The number of rotatable bonds is 7. The molecule has 0 atom stereocenters. The van der Waals surface area contributed by atoms with Gasteiger partial charge in [0.05, 0.1) is 30.4 Å². The highest BCUT2D eigenvalue weighted by atomic mass is 35.5. The molecule has 1 N–H and O–H groups in total. The van der Waals surface area contributed by atoms with Crippen molar-refractivity contribution >= 4 is 33.3 Å². The number of ether oxygens (including phenoxy) is 3. The SMILES string of the molecule is COC(=O)c1cccc(S(=O)(=O)Nc2cc(Cl)ccc2Oc2cccc(OC)c2)c1. The Labute approximate surface area is 179 Å². The van der Waals surface area contributed by atoms with Gasteiger partial charge in [0.25, 0.3) is 10.0 Å². The van der Waals surface area contributed by atoms with E-state index < -0.39 is 16.0 Å². The van der Waals surface area contributed by atoms with Crippen LogP contribution in [0, 0.1) is 0 Å². The van der Waals surface area contributed by atoms with Crippen LogP contribution in [-0.2, 0) is 14.8 Å². The molecule has 3 aromatic carbocycles. The van der Waals surface area contributed by atoms with E-state index in [0.717, 1.165) is 0 Å². The van der Waals surface area contributed by atoms with Gasteiger partial charge in [-0.3, -0.25) is 4.72 Å². The number of carbonyl (C=O) groups is 1.